The fourth-order valence-corrected chi connectivity index (χ4v) is 5.06. The van der Waals surface area contributed by atoms with Gasteiger partial charge in [0.25, 0.3) is 5.91 Å². The number of benzene rings is 4. The number of nitrogens with zero attached hydrogens (tertiary/aromatic N) is 2. The average Bonchev–Trinajstić information content (AvgIpc) is 3.20. The van der Waals surface area contributed by atoms with Crippen LogP contribution in [0.15, 0.2) is 107 Å². The number of ether oxygens (including phenoxy) is 1. The van der Waals surface area contributed by atoms with Crippen LogP contribution in [-0.2, 0) is 11.4 Å². The summed E-state index contributed by atoms with van der Waals surface area (Å²) in [7, 11) is 0. The highest BCUT2D eigenvalue weighted by Crippen LogP contribution is 2.38. The van der Waals surface area contributed by atoms with E-state index in [1.165, 1.54) is 11.8 Å². The van der Waals surface area contributed by atoms with E-state index in [9.17, 15) is 4.79 Å². The number of rotatable bonds is 6. The van der Waals surface area contributed by atoms with E-state index in [1.807, 2.05) is 117 Å². The molecule has 0 aromatic heterocycles. The lowest BCUT2D eigenvalue weighted by molar-refractivity contribution is -0.113. The van der Waals surface area contributed by atoms with Crippen LogP contribution in [0.5, 0.6) is 5.75 Å². The van der Waals surface area contributed by atoms with Crippen molar-refractivity contribution in [3.05, 3.63) is 129 Å². The van der Waals surface area contributed by atoms with E-state index in [0.717, 1.165) is 33.6 Å². The molecule has 4 aromatic rings. The molecular weight excluding hydrogens is 500 g/mol. The molecule has 0 unspecified atom stereocenters. The minimum Gasteiger partial charge on any atom is -0.487 e. The Balaban J connectivity index is 1.42. The van der Waals surface area contributed by atoms with Gasteiger partial charge >= 0.3 is 0 Å². The maximum Gasteiger partial charge on any atom is 0.271 e. The maximum absolute atomic E-state index is 13.6. The molecular formula is C31H25ClN2O2S. The van der Waals surface area contributed by atoms with E-state index in [4.69, 9.17) is 21.3 Å². The van der Waals surface area contributed by atoms with Gasteiger partial charge in [-0.15, -0.1) is 0 Å². The van der Waals surface area contributed by atoms with Gasteiger partial charge in [0.05, 0.1) is 21.3 Å². The number of aryl methyl sites for hydroxylation is 2. The standard InChI is InChI=1S/C31H25ClN2O2S/c1-21-8-13-25(14-9-21)33-31-34(26-15-10-22(2)11-16-26)30(35)29(37-31)19-24-12-17-28(27(32)18-24)36-20-23-6-4-3-5-7-23/h3-19H,20H2,1-2H3/b29-19-,33-31?. The predicted molar refractivity (Wildman–Crippen MR) is 155 cm³/mol. The molecule has 0 N–H and O–H groups in total. The molecule has 37 heavy (non-hydrogen) atoms. The van der Waals surface area contributed by atoms with E-state index in [0.29, 0.717) is 27.5 Å². The SMILES string of the molecule is Cc1ccc(N=C2S/C(=C\c3ccc(OCc4ccccc4)c(Cl)c3)C(=O)N2c2ccc(C)cc2)cc1. The highest BCUT2D eigenvalue weighted by Gasteiger charge is 2.34. The Morgan fingerprint density at radius 2 is 1.57 bits per heavy atom. The van der Waals surface area contributed by atoms with Crippen LogP contribution in [0, 0.1) is 13.8 Å². The fraction of sp³-hybridized carbons (Fsp3) is 0.0968. The quantitative estimate of drug-likeness (QED) is 0.238. The topological polar surface area (TPSA) is 41.9 Å². The van der Waals surface area contributed by atoms with Crippen molar-refractivity contribution < 1.29 is 9.53 Å². The lowest BCUT2D eigenvalue weighted by atomic mass is 10.2. The van der Waals surface area contributed by atoms with Gasteiger partial charge in [-0.2, -0.15) is 0 Å². The van der Waals surface area contributed by atoms with Crippen molar-refractivity contribution in [3.63, 3.8) is 0 Å². The van der Waals surface area contributed by atoms with Crippen molar-refractivity contribution in [2.45, 2.75) is 20.5 Å². The molecule has 4 aromatic carbocycles. The third kappa shape index (κ3) is 5.96. The molecule has 0 aliphatic carbocycles. The van der Waals surface area contributed by atoms with Crippen LogP contribution < -0.4 is 9.64 Å². The average molecular weight is 525 g/mol. The molecule has 4 nitrogen and oxygen atoms in total. The van der Waals surface area contributed by atoms with E-state index < -0.39 is 0 Å². The van der Waals surface area contributed by atoms with Gasteiger partial charge in [-0.25, -0.2) is 4.99 Å². The number of aliphatic imine (C=N–C) groups is 1. The van der Waals surface area contributed by atoms with Crippen LogP contribution in [0.25, 0.3) is 6.08 Å². The van der Waals surface area contributed by atoms with Gasteiger partial charge in [0.1, 0.15) is 12.4 Å². The largest absolute Gasteiger partial charge is 0.487 e. The second-order valence-corrected chi connectivity index (χ2v) is 10.2. The van der Waals surface area contributed by atoms with Gasteiger partial charge in [0, 0.05) is 0 Å². The lowest BCUT2D eigenvalue weighted by Gasteiger charge is -2.16. The summed E-state index contributed by atoms with van der Waals surface area (Å²) in [5, 5.41) is 1.10. The van der Waals surface area contributed by atoms with Gasteiger partial charge in [-0.3, -0.25) is 9.69 Å². The molecule has 0 bridgehead atoms. The molecule has 0 spiro atoms. The smallest absolute Gasteiger partial charge is 0.271 e. The first-order valence-electron chi connectivity index (χ1n) is 11.9. The molecule has 1 heterocycles. The number of thioether (sulfide) groups is 1. The minimum atomic E-state index is -0.125. The summed E-state index contributed by atoms with van der Waals surface area (Å²) < 4.78 is 5.89. The van der Waals surface area contributed by atoms with Crippen molar-refractivity contribution in [1.29, 1.82) is 0 Å². The number of anilines is 1. The summed E-state index contributed by atoms with van der Waals surface area (Å²) in [6.07, 6.45) is 1.85. The first kappa shape index (κ1) is 24.9. The van der Waals surface area contributed by atoms with E-state index >= 15 is 0 Å². The Morgan fingerprint density at radius 3 is 2.24 bits per heavy atom. The molecule has 1 saturated heterocycles. The third-order valence-corrected chi connectivity index (χ3v) is 7.11. The first-order chi connectivity index (χ1) is 18.0. The van der Waals surface area contributed by atoms with Crippen LogP contribution in [0.4, 0.5) is 11.4 Å². The summed E-state index contributed by atoms with van der Waals surface area (Å²) in [6.45, 7) is 4.49. The van der Waals surface area contributed by atoms with Crippen LogP contribution in [0.1, 0.15) is 22.3 Å². The zero-order chi connectivity index (χ0) is 25.8. The third-order valence-electron chi connectivity index (χ3n) is 5.85. The van der Waals surface area contributed by atoms with Gasteiger partial charge < -0.3 is 4.74 Å². The van der Waals surface area contributed by atoms with Crippen LogP contribution in [0.2, 0.25) is 5.02 Å². The normalized spacial score (nSPS) is 15.5. The van der Waals surface area contributed by atoms with Crippen molar-refractivity contribution >= 4 is 51.9 Å². The molecule has 1 aliphatic rings. The Bertz CT molecular complexity index is 1480. The van der Waals surface area contributed by atoms with Gasteiger partial charge in [-0.1, -0.05) is 83.4 Å². The van der Waals surface area contributed by atoms with Crippen molar-refractivity contribution in [3.8, 4) is 5.75 Å². The van der Waals surface area contributed by atoms with Crippen molar-refractivity contribution in [2.75, 3.05) is 4.90 Å². The van der Waals surface area contributed by atoms with Gasteiger partial charge in [-0.05, 0) is 79.2 Å². The molecule has 5 rings (SSSR count). The summed E-state index contributed by atoms with van der Waals surface area (Å²) in [5.74, 6) is 0.473. The zero-order valence-corrected chi connectivity index (χ0v) is 22.1. The number of halogens is 1. The van der Waals surface area contributed by atoms with E-state index in [1.54, 1.807) is 4.90 Å². The molecule has 0 saturated carbocycles. The molecule has 1 amide bonds. The number of amides is 1. The number of carbonyl (C=O) groups excluding carboxylic acids is 1. The van der Waals surface area contributed by atoms with Crippen molar-refractivity contribution in [2.24, 2.45) is 4.99 Å². The second-order valence-electron chi connectivity index (χ2n) is 8.78. The van der Waals surface area contributed by atoms with Crippen LogP contribution in [-0.4, -0.2) is 11.1 Å². The zero-order valence-electron chi connectivity index (χ0n) is 20.5. The van der Waals surface area contributed by atoms with Gasteiger partial charge in [0.2, 0.25) is 0 Å². The lowest BCUT2D eigenvalue weighted by Crippen LogP contribution is -2.28. The highest BCUT2D eigenvalue weighted by atomic mass is 35.5. The fourth-order valence-electron chi connectivity index (χ4n) is 3.81. The van der Waals surface area contributed by atoms with Crippen LogP contribution >= 0.6 is 23.4 Å². The second kappa shape index (κ2) is 11.1. The number of hydrogen-bond donors (Lipinski definition) is 0. The Hall–Kier alpha value is -3.80. The summed E-state index contributed by atoms with van der Waals surface area (Å²) in [4.78, 5) is 20.6. The maximum atomic E-state index is 13.6. The number of hydrogen-bond acceptors (Lipinski definition) is 4. The first-order valence-corrected chi connectivity index (χ1v) is 13.1. The molecule has 1 fully saturated rings. The van der Waals surface area contributed by atoms with E-state index in [2.05, 4.69) is 0 Å². The Labute approximate surface area is 226 Å². The van der Waals surface area contributed by atoms with Crippen LogP contribution in [0.3, 0.4) is 0 Å². The molecule has 6 heteroatoms. The molecule has 0 radical (unpaired) electrons. The molecule has 184 valence electrons. The monoisotopic (exact) mass is 524 g/mol. The van der Waals surface area contributed by atoms with Crippen molar-refractivity contribution in [1.82, 2.24) is 0 Å². The molecule has 1 aliphatic heterocycles. The summed E-state index contributed by atoms with van der Waals surface area (Å²) in [6, 6.07) is 31.3. The Morgan fingerprint density at radius 1 is 0.892 bits per heavy atom. The van der Waals surface area contributed by atoms with E-state index in [-0.39, 0.29) is 5.91 Å². The summed E-state index contributed by atoms with van der Waals surface area (Å²) >= 11 is 7.88. The van der Waals surface area contributed by atoms with Gasteiger partial charge in [0.15, 0.2) is 5.17 Å². The predicted octanol–water partition coefficient (Wildman–Crippen LogP) is 8.34. The Kier molecular flexibility index (Phi) is 7.45. The number of carbonyl (C=O) groups is 1. The highest BCUT2D eigenvalue weighted by molar-refractivity contribution is 8.19. The summed E-state index contributed by atoms with van der Waals surface area (Å²) in [5.41, 5.74) is 5.73. The minimum absolute atomic E-state index is 0.125. The molecule has 0 atom stereocenters. The number of amidine groups is 1.